The average Bonchev–Trinajstić information content (AvgIpc) is 3.20. The van der Waals surface area contributed by atoms with Crippen LogP contribution >= 0.6 is 0 Å². The fourth-order valence-electron chi connectivity index (χ4n) is 3.84. The lowest BCUT2D eigenvalue weighted by Crippen LogP contribution is -2.31. The van der Waals surface area contributed by atoms with Gasteiger partial charge in [0.1, 0.15) is 6.10 Å². The maximum atomic E-state index is 12.4. The molecule has 1 heterocycles. The van der Waals surface area contributed by atoms with Crippen molar-refractivity contribution in [2.45, 2.75) is 12.6 Å². The van der Waals surface area contributed by atoms with E-state index >= 15 is 0 Å². The van der Waals surface area contributed by atoms with Crippen LogP contribution in [0.3, 0.4) is 0 Å². The van der Waals surface area contributed by atoms with Crippen LogP contribution in [0.5, 0.6) is 0 Å². The Balaban J connectivity index is 1.38. The molecule has 0 aliphatic carbocycles. The monoisotopic (exact) mass is 443 g/mol. The summed E-state index contributed by atoms with van der Waals surface area (Å²) in [5.74, 6) is -0.0733. The summed E-state index contributed by atoms with van der Waals surface area (Å²) in [5, 5.41) is 2.95. The largest absolute Gasteiger partial charge is 0.439 e. The standard InChI is InChI=1S/C27H29N3O3/c1-29(2)16-15-28-26(31)24-10-6-9-23(17-24)21-13-11-20(12-14-21)18-30-19-25(33-27(30)32)22-7-4-3-5-8-22/h3-14,17,25H,15-16,18-19H2,1-2H3,(H,28,31)/t25-/m0/s1. The lowest BCUT2D eigenvalue weighted by molar-refractivity contribution is 0.0951. The summed E-state index contributed by atoms with van der Waals surface area (Å²) in [4.78, 5) is 28.5. The lowest BCUT2D eigenvalue weighted by atomic mass is 10.0. The zero-order valence-corrected chi connectivity index (χ0v) is 19.0. The molecule has 0 saturated carbocycles. The molecule has 0 spiro atoms. The van der Waals surface area contributed by atoms with Gasteiger partial charge in [0.2, 0.25) is 0 Å². The minimum absolute atomic E-state index is 0.0733. The molecule has 1 N–H and O–H groups in total. The predicted octanol–water partition coefficient (Wildman–Crippen LogP) is 4.34. The Kier molecular flexibility index (Phi) is 7.05. The van der Waals surface area contributed by atoms with Gasteiger partial charge in [0.05, 0.1) is 6.54 Å². The van der Waals surface area contributed by atoms with Gasteiger partial charge in [0.15, 0.2) is 0 Å². The second-order valence-electron chi connectivity index (χ2n) is 8.50. The van der Waals surface area contributed by atoms with Gasteiger partial charge in [-0.15, -0.1) is 0 Å². The number of likely N-dealkylation sites (N-methyl/N-ethyl adjacent to an activating group) is 1. The highest BCUT2D eigenvalue weighted by atomic mass is 16.6. The van der Waals surface area contributed by atoms with E-state index in [0.29, 0.717) is 25.2 Å². The first-order valence-electron chi connectivity index (χ1n) is 11.1. The molecule has 1 aliphatic rings. The van der Waals surface area contributed by atoms with Crippen molar-refractivity contribution in [1.29, 1.82) is 0 Å². The van der Waals surface area contributed by atoms with Crippen LogP contribution in [0.1, 0.15) is 27.6 Å². The predicted molar refractivity (Wildman–Crippen MR) is 129 cm³/mol. The Morgan fingerprint density at radius 1 is 1.00 bits per heavy atom. The number of hydrogen-bond acceptors (Lipinski definition) is 4. The maximum Gasteiger partial charge on any atom is 0.410 e. The van der Waals surface area contributed by atoms with E-state index in [9.17, 15) is 9.59 Å². The lowest BCUT2D eigenvalue weighted by Gasteiger charge is -2.14. The Hall–Kier alpha value is -3.64. The molecule has 0 aromatic heterocycles. The van der Waals surface area contributed by atoms with E-state index in [0.717, 1.165) is 28.8 Å². The Morgan fingerprint density at radius 3 is 2.48 bits per heavy atom. The number of carbonyl (C=O) groups excluding carboxylic acids is 2. The van der Waals surface area contributed by atoms with Crippen molar-refractivity contribution < 1.29 is 14.3 Å². The van der Waals surface area contributed by atoms with Crippen molar-refractivity contribution in [1.82, 2.24) is 15.1 Å². The second-order valence-corrected chi connectivity index (χ2v) is 8.50. The molecule has 3 aromatic carbocycles. The number of cyclic esters (lactones) is 1. The Bertz CT molecular complexity index is 1100. The second kappa shape index (κ2) is 10.3. The fourth-order valence-corrected chi connectivity index (χ4v) is 3.84. The Morgan fingerprint density at radius 2 is 1.76 bits per heavy atom. The number of benzene rings is 3. The van der Waals surface area contributed by atoms with Gasteiger partial charge in [0.25, 0.3) is 5.91 Å². The molecule has 0 bridgehead atoms. The van der Waals surface area contributed by atoms with Crippen molar-refractivity contribution in [3.8, 4) is 11.1 Å². The van der Waals surface area contributed by atoms with Gasteiger partial charge in [-0.2, -0.15) is 0 Å². The third kappa shape index (κ3) is 5.79. The highest BCUT2D eigenvalue weighted by Gasteiger charge is 2.32. The van der Waals surface area contributed by atoms with Crippen LogP contribution in [0.15, 0.2) is 78.9 Å². The summed E-state index contributed by atoms with van der Waals surface area (Å²) < 4.78 is 5.55. The first-order chi connectivity index (χ1) is 16.0. The number of nitrogens with one attached hydrogen (secondary N) is 1. The smallest absolute Gasteiger partial charge is 0.410 e. The van der Waals surface area contributed by atoms with Crippen LogP contribution in [0, 0.1) is 0 Å². The number of carbonyl (C=O) groups is 2. The summed E-state index contributed by atoms with van der Waals surface area (Å²) in [7, 11) is 3.95. The van der Waals surface area contributed by atoms with Gasteiger partial charge in [-0.25, -0.2) is 4.79 Å². The first kappa shape index (κ1) is 22.6. The summed E-state index contributed by atoms with van der Waals surface area (Å²) in [6.45, 7) is 2.44. The van der Waals surface area contributed by atoms with Gasteiger partial charge in [-0.3, -0.25) is 9.69 Å². The van der Waals surface area contributed by atoms with E-state index in [2.05, 4.69) is 5.32 Å². The average molecular weight is 444 g/mol. The molecule has 1 fully saturated rings. The van der Waals surface area contributed by atoms with Gasteiger partial charge in [0, 0.05) is 25.2 Å². The van der Waals surface area contributed by atoms with Crippen LogP contribution in [0.2, 0.25) is 0 Å². The van der Waals surface area contributed by atoms with Gasteiger partial charge >= 0.3 is 6.09 Å². The minimum atomic E-state index is -0.291. The van der Waals surface area contributed by atoms with E-state index in [1.165, 1.54) is 0 Å². The van der Waals surface area contributed by atoms with Gasteiger partial charge < -0.3 is 15.0 Å². The van der Waals surface area contributed by atoms with Gasteiger partial charge in [-0.05, 0) is 48.5 Å². The molecule has 3 aromatic rings. The van der Waals surface area contributed by atoms with E-state index < -0.39 is 0 Å². The molecule has 2 amide bonds. The minimum Gasteiger partial charge on any atom is -0.439 e. The molecule has 1 atom stereocenters. The molecular weight excluding hydrogens is 414 g/mol. The summed E-state index contributed by atoms with van der Waals surface area (Å²) in [6, 6.07) is 25.5. The van der Waals surface area contributed by atoms with Crippen molar-refractivity contribution in [3.05, 3.63) is 95.6 Å². The number of rotatable bonds is 8. The summed E-state index contributed by atoms with van der Waals surface area (Å²) in [5.41, 5.74) is 4.68. The van der Waals surface area contributed by atoms with E-state index in [1.54, 1.807) is 4.90 Å². The van der Waals surface area contributed by atoms with Crippen molar-refractivity contribution in [2.75, 3.05) is 33.7 Å². The number of hydrogen-bond donors (Lipinski definition) is 1. The summed E-state index contributed by atoms with van der Waals surface area (Å²) in [6.07, 6.45) is -0.523. The highest BCUT2D eigenvalue weighted by Crippen LogP contribution is 2.28. The third-order valence-corrected chi connectivity index (χ3v) is 5.69. The molecule has 33 heavy (non-hydrogen) atoms. The van der Waals surface area contributed by atoms with Crippen LogP contribution in [0.25, 0.3) is 11.1 Å². The number of amides is 2. The fraction of sp³-hybridized carbons (Fsp3) is 0.259. The molecular formula is C27H29N3O3. The van der Waals surface area contributed by atoms with E-state index in [1.807, 2.05) is 97.9 Å². The molecule has 1 saturated heterocycles. The van der Waals surface area contributed by atoms with Crippen LogP contribution in [-0.2, 0) is 11.3 Å². The van der Waals surface area contributed by atoms with Crippen LogP contribution in [0.4, 0.5) is 4.79 Å². The third-order valence-electron chi connectivity index (χ3n) is 5.69. The van der Waals surface area contributed by atoms with E-state index in [-0.39, 0.29) is 18.1 Å². The van der Waals surface area contributed by atoms with Crippen molar-refractivity contribution in [3.63, 3.8) is 0 Å². The van der Waals surface area contributed by atoms with Crippen molar-refractivity contribution >= 4 is 12.0 Å². The molecule has 0 radical (unpaired) electrons. The van der Waals surface area contributed by atoms with Crippen LogP contribution < -0.4 is 5.32 Å². The number of nitrogens with zero attached hydrogens (tertiary/aromatic N) is 2. The highest BCUT2D eigenvalue weighted by molar-refractivity contribution is 5.95. The molecule has 6 nitrogen and oxygen atoms in total. The summed E-state index contributed by atoms with van der Waals surface area (Å²) >= 11 is 0. The molecule has 0 unspecified atom stereocenters. The molecule has 1 aliphatic heterocycles. The normalized spacial score (nSPS) is 15.5. The Labute approximate surface area is 194 Å². The first-order valence-corrected chi connectivity index (χ1v) is 11.1. The molecule has 4 rings (SSSR count). The quantitative estimate of drug-likeness (QED) is 0.563. The zero-order valence-electron chi connectivity index (χ0n) is 19.0. The SMILES string of the molecule is CN(C)CCNC(=O)c1cccc(-c2ccc(CN3C[C@@H](c4ccccc4)OC3=O)cc2)c1. The molecule has 6 heteroatoms. The van der Waals surface area contributed by atoms with Crippen LogP contribution in [-0.4, -0.2) is 55.5 Å². The number of ether oxygens (including phenoxy) is 1. The molecule has 170 valence electrons. The maximum absolute atomic E-state index is 12.4. The van der Waals surface area contributed by atoms with E-state index in [4.69, 9.17) is 4.74 Å². The zero-order chi connectivity index (χ0) is 23.2. The topological polar surface area (TPSA) is 61.9 Å². The van der Waals surface area contributed by atoms with Gasteiger partial charge in [-0.1, -0.05) is 66.7 Å². The van der Waals surface area contributed by atoms with Crippen molar-refractivity contribution in [2.24, 2.45) is 0 Å².